The molecule has 0 unspecified atom stereocenters. The van der Waals surface area contributed by atoms with Crippen LogP contribution in [0.3, 0.4) is 0 Å². The Morgan fingerprint density at radius 2 is 1.97 bits per heavy atom. The average molecular weight is 542 g/mol. The van der Waals surface area contributed by atoms with Crippen LogP contribution in [0.15, 0.2) is 82.6 Å². The summed E-state index contributed by atoms with van der Waals surface area (Å²) in [5.74, 6) is 0.855. The zero-order valence-corrected chi connectivity index (χ0v) is 21.4. The van der Waals surface area contributed by atoms with Crippen LogP contribution < -0.4 is 5.32 Å². The van der Waals surface area contributed by atoms with Crippen LogP contribution in [-0.2, 0) is 10.0 Å². The molecule has 2 N–H and O–H groups in total. The lowest BCUT2D eigenvalue weighted by Gasteiger charge is -2.32. The molecule has 0 bridgehead atoms. The SMILES string of the molecule is N#Cc1ccc(S(=O)(=O)N2CCC[C@@H](Nc3nccc(-c4c(-c5cccc(O)c5)nc5occn45)n3)C2)cc1. The van der Waals surface area contributed by atoms with Crippen LogP contribution in [0.4, 0.5) is 5.95 Å². The largest absolute Gasteiger partial charge is 0.508 e. The highest BCUT2D eigenvalue weighted by atomic mass is 32.2. The van der Waals surface area contributed by atoms with Gasteiger partial charge < -0.3 is 14.8 Å². The monoisotopic (exact) mass is 541 g/mol. The number of phenolic OH excluding ortho intramolecular Hbond substituents is 1. The Morgan fingerprint density at radius 1 is 1.13 bits per heavy atom. The quantitative estimate of drug-likeness (QED) is 0.326. The van der Waals surface area contributed by atoms with Crippen LogP contribution in [0.2, 0.25) is 0 Å². The number of hydrogen-bond acceptors (Lipinski definition) is 9. The van der Waals surface area contributed by atoms with Gasteiger partial charge in [0.25, 0.3) is 0 Å². The van der Waals surface area contributed by atoms with Crippen molar-refractivity contribution >= 4 is 21.8 Å². The van der Waals surface area contributed by atoms with E-state index in [0.29, 0.717) is 53.0 Å². The van der Waals surface area contributed by atoms with Crippen molar-refractivity contribution in [2.24, 2.45) is 0 Å². The predicted molar refractivity (Wildman–Crippen MR) is 142 cm³/mol. The number of sulfonamides is 1. The number of anilines is 1. The van der Waals surface area contributed by atoms with Gasteiger partial charge in [0.15, 0.2) is 0 Å². The highest BCUT2D eigenvalue weighted by Gasteiger charge is 2.31. The van der Waals surface area contributed by atoms with Gasteiger partial charge in [-0.05, 0) is 55.3 Å². The van der Waals surface area contributed by atoms with E-state index in [1.165, 1.54) is 34.8 Å². The summed E-state index contributed by atoms with van der Waals surface area (Å²) in [4.78, 5) is 13.9. The summed E-state index contributed by atoms with van der Waals surface area (Å²) in [5, 5.41) is 22.3. The maximum atomic E-state index is 13.2. The molecule has 11 nitrogen and oxygen atoms in total. The predicted octanol–water partition coefficient (Wildman–Crippen LogP) is 3.89. The van der Waals surface area contributed by atoms with Gasteiger partial charge >= 0.3 is 5.84 Å². The van der Waals surface area contributed by atoms with Gasteiger partial charge in [0.05, 0.1) is 22.2 Å². The summed E-state index contributed by atoms with van der Waals surface area (Å²) < 4.78 is 35.2. The van der Waals surface area contributed by atoms with Crippen molar-refractivity contribution < 1.29 is 17.9 Å². The highest BCUT2D eigenvalue weighted by Crippen LogP contribution is 2.34. The Bertz CT molecular complexity index is 1810. The number of nitrogens with one attached hydrogen (secondary N) is 1. The third-order valence-electron chi connectivity index (χ3n) is 6.62. The van der Waals surface area contributed by atoms with Crippen molar-refractivity contribution in [1.82, 2.24) is 23.7 Å². The molecule has 5 aromatic rings. The molecule has 2 aromatic carbocycles. The molecule has 0 spiro atoms. The molecule has 1 aliphatic heterocycles. The molecule has 1 fully saturated rings. The van der Waals surface area contributed by atoms with E-state index < -0.39 is 10.0 Å². The van der Waals surface area contributed by atoms with Gasteiger partial charge in [-0.1, -0.05) is 12.1 Å². The molecular weight excluding hydrogens is 518 g/mol. The summed E-state index contributed by atoms with van der Waals surface area (Å²) in [7, 11) is -3.71. The second kappa shape index (κ2) is 9.86. The van der Waals surface area contributed by atoms with Gasteiger partial charge in [-0.15, -0.1) is 0 Å². The zero-order valence-electron chi connectivity index (χ0n) is 20.6. The van der Waals surface area contributed by atoms with E-state index in [9.17, 15) is 13.5 Å². The Kier molecular flexibility index (Phi) is 6.22. The number of imidazole rings is 1. The molecule has 1 saturated heterocycles. The van der Waals surface area contributed by atoms with Gasteiger partial charge in [-0.25, -0.2) is 18.4 Å². The molecule has 6 rings (SSSR count). The van der Waals surface area contributed by atoms with Gasteiger partial charge in [-0.3, -0.25) is 4.40 Å². The van der Waals surface area contributed by atoms with Gasteiger partial charge in [0, 0.05) is 37.1 Å². The fraction of sp³-hybridized carbons (Fsp3) is 0.185. The number of rotatable bonds is 6. The van der Waals surface area contributed by atoms with Crippen LogP contribution in [0.1, 0.15) is 18.4 Å². The Morgan fingerprint density at radius 3 is 2.77 bits per heavy atom. The molecule has 1 aliphatic rings. The standard InChI is InChI=1S/C27H23N7O4S/c28-16-18-6-8-22(9-7-18)39(36,37)33-12-2-4-20(17-33)30-26-29-11-10-23(31-26)25-24(19-3-1-5-21(35)15-19)32-27-34(25)13-14-38-27/h1,3,5-11,13-15,20,35H,2,4,12,17H2,(H,29,30,31)/t20-/m1/s1. The van der Waals surface area contributed by atoms with Gasteiger partial charge in [0.1, 0.15) is 23.4 Å². The molecule has 1 atom stereocenters. The van der Waals surface area contributed by atoms with E-state index in [1.807, 2.05) is 12.1 Å². The van der Waals surface area contributed by atoms with Gasteiger partial charge in [0.2, 0.25) is 16.0 Å². The lowest BCUT2D eigenvalue weighted by Crippen LogP contribution is -2.45. The fourth-order valence-electron chi connectivity index (χ4n) is 4.76. The van der Waals surface area contributed by atoms with E-state index in [0.717, 1.165) is 6.42 Å². The van der Waals surface area contributed by atoms with E-state index in [-0.39, 0.29) is 23.2 Å². The lowest BCUT2D eigenvalue weighted by atomic mass is 10.1. The summed E-state index contributed by atoms with van der Waals surface area (Å²) in [5.41, 5.74) is 2.95. The first-order valence-electron chi connectivity index (χ1n) is 12.3. The van der Waals surface area contributed by atoms with Crippen LogP contribution in [0.5, 0.6) is 5.75 Å². The van der Waals surface area contributed by atoms with Crippen LogP contribution in [-0.4, -0.2) is 56.3 Å². The number of nitrogens with zero attached hydrogens (tertiary/aromatic N) is 6. The lowest BCUT2D eigenvalue weighted by molar-refractivity contribution is 0.326. The summed E-state index contributed by atoms with van der Waals surface area (Å²) >= 11 is 0. The normalized spacial score (nSPS) is 16.2. The first kappa shape index (κ1) is 24.6. The Balaban J connectivity index is 1.27. The first-order chi connectivity index (χ1) is 18.9. The smallest absolute Gasteiger partial charge is 0.306 e. The molecule has 0 amide bonds. The third-order valence-corrected chi connectivity index (χ3v) is 8.50. The van der Waals surface area contributed by atoms with E-state index >= 15 is 0 Å². The van der Waals surface area contributed by atoms with Crippen LogP contribution >= 0.6 is 0 Å². The van der Waals surface area contributed by atoms with E-state index in [4.69, 9.17) is 14.7 Å². The Hall–Kier alpha value is -4.73. The molecule has 196 valence electrons. The molecule has 12 heteroatoms. The van der Waals surface area contributed by atoms with Crippen molar-refractivity contribution in [3.63, 3.8) is 0 Å². The summed E-state index contributed by atoms with van der Waals surface area (Å²) in [6, 6.07) is 16.3. The highest BCUT2D eigenvalue weighted by molar-refractivity contribution is 7.89. The van der Waals surface area contributed by atoms with Crippen molar-refractivity contribution in [2.45, 2.75) is 23.8 Å². The van der Waals surface area contributed by atoms with Crippen LogP contribution in [0, 0.1) is 11.3 Å². The van der Waals surface area contributed by atoms with Crippen molar-refractivity contribution in [2.75, 3.05) is 18.4 Å². The molecule has 39 heavy (non-hydrogen) atoms. The number of aromatic nitrogens is 4. The van der Waals surface area contributed by atoms with Crippen molar-refractivity contribution in [3.05, 3.63) is 78.8 Å². The number of benzene rings is 2. The third kappa shape index (κ3) is 4.69. The minimum atomic E-state index is -3.71. The topological polar surface area (TPSA) is 150 Å². The van der Waals surface area contributed by atoms with Crippen LogP contribution in [0.25, 0.3) is 28.5 Å². The summed E-state index contributed by atoms with van der Waals surface area (Å²) in [6.45, 7) is 0.659. The number of oxazole rings is 1. The molecule has 0 aliphatic carbocycles. The number of hydrogen-bond donors (Lipinski definition) is 2. The Labute approximate surface area is 224 Å². The second-order valence-corrected chi connectivity index (χ2v) is 11.1. The number of phenols is 1. The molecule has 0 saturated carbocycles. The molecule has 3 aromatic heterocycles. The number of fused-ring (bicyclic) bond motifs is 1. The van der Waals surface area contributed by atoms with E-state index in [1.54, 1.807) is 41.1 Å². The maximum Gasteiger partial charge on any atom is 0.306 e. The number of piperidine rings is 1. The summed E-state index contributed by atoms with van der Waals surface area (Å²) in [6.07, 6.45) is 6.33. The maximum absolute atomic E-state index is 13.2. The van der Waals surface area contributed by atoms with E-state index in [2.05, 4.69) is 15.3 Å². The molecule has 0 radical (unpaired) electrons. The zero-order chi connectivity index (χ0) is 27.0. The molecular formula is C27H23N7O4S. The molecule has 4 heterocycles. The fourth-order valence-corrected chi connectivity index (χ4v) is 6.28. The van der Waals surface area contributed by atoms with Crippen molar-refractivity contribution in [3.8, 4) is 34.5 Å². The first-order valence-corrected chi connectivity index (χ1v) is 13.7. The second-order valence-electron chi connectivity index (χ2n) is 9.16. The minimum Gasteiger partial charge on any atom is -0.508 e. The van der Waals surface area contributed by atoms with Crippen molar-refractivity contribution in [1.29, 1.82) is 5.26 Å². The minimum absolute atomic E-state index is 0.117. The number of aromatic hydroxyl groups is 1. The van der Waals surface area contributed by atoms with Gasteiger partial charge in [-0.2, -0.15) is 14.6 Å². The number of nitriles is 1. The average Bonchev–Trinajstić information content (AvgIpc) is 3.55.